The molecular weight excluding hydrogens is 389 g/mol. The number of thiol groups is 1. The quantitative estimate of drug-likeness (QED) is 0.470. The molecule has 1 aliphatic carbocycles. The molecule has 1 aromatic heterocycles. The average molecular weight is 400 g/mol. The van der Waals surface area contributed by atoms with Crippen LogP contribution >= 0.6 is 12.8 Å². The number of aromatic nitrogens is 1. The molecule has 0 amide bonds. The monoisotopic (exact) mass is 400 g/mol. The third-order valence-electron chi connectivity index (χ3n) is 3.64. The Bertz CT molecular complexity index is 1100. The van der Waals surface area contributed by atoms with E-state index >= 15 is 0 Å². The first-order chi connectivity index (χ1) is 12.1. The molecular formula is C15H11F3N4O2S2. The number of benzene rings is 1. The number of hydrogen-bond donors (Lipinski definition) is 4. The van der Waals surface area contributed by atoms with Crippen LogP contribution in [-0.4, -0.2) is 24.8 Å². The maximum absolute atomic E-state index is 12.8. The molecule has 3 N–H and O–H groups in total. The van der Waals surface area contributed by atoms with Crippen LogP contribution in [0.15, 0.2) is 57.6 Å². The van der Waals surface area contributed by atoms with Crippen molar-refractivity contribution in [3.05, 3.63) is 53.9 Å². The Balaban J connectivity index is 2.02. The number of alkyl halides is 3. The molecule has 0 saturated heterocycles. The number of nitrogens with zero attached hydrogens (tertiary/aromatic N) is 1. The van der Waals surface area contributed by atoms with E-state index < -0.39 is 21.8 Å². The molecule has 11 heteroatoms. The summed E-state index contributed by atoms with van der Waals surface area (Å²) in [4.78, 5) is 2.32. The highest BCUT2D eigenvalue weighted by molar-refractivity contribution is 7.90. The summed E-state index contributed by atoms with van der Waals surface area (Å²) in [5.41, 5.74) is -0.823. The zero-order chi connectivity index (χ0) is 19.1. The molecule has 26 heavy (non-hydrogen) atoms. The molecule has 0 bridgehead atoms. The zero-order valence-electron chi connectivity index (χ0n) is 12.8. The Hall–Kier alpha value is -2.53. The van der Waals surface area contributed by atoms with Crippen molar-refractivity contribution in [1.82, 2.24) is 9.71 Å². The molecule has 0 aliphatic heterocycles. The van der Waals surface area contributed by atoms with Gasteiger partial charge in [0.2, 0.25) is 0 Å². The predicted molar refractivity (Wildman–Crippen MR) is 95.0 cm³/mol. The molecule has 3 rings (SSSR count). The fourth-order valence-electron chi connectivity index (χ4n) is 2.43. The standard InChI is InChI=1S/C15H11F3N4O2S2/c16-15(17,18)8-4-5-9-12(6-8)20-7-13(9)26(23,24)22-11-3-1-2-10(19)14(11)21-25/h1-7,19-20,22,25H/b19-10?,21-14+. The first-order valence-electron chi connectivity index (χ1n) is 7.04. The number of hydrogen-bond acceptors (Lipinski definition) is 5. The highest BCUT2D eigenvalue weighted by Gasteiger charge is 2.31. The SMILES string of the molecule is N=C1C=CC=C(NS(=O)(=O)c2c[nH]c3cc(C(F)(F)F)ccc23)/C1=N/S. The average Bonchev–Trinajstić information content (AvgIpc) is 2.98. The van der Waals surface area contributed by atoms with Crippen molar-refractivity contribution in [1.29, 1.82) is 5.41 Å². The van der Waals surface area contributed by atoms with Crippen LogP contribution in [0.25, 0.3) is 10.9 Å². The van der Waals surface area contributed by atoms with Gasteiger partial charge in [-0.15, -0.1) is 0 Å². The van der Waals surface area contributed by atoms with E-state index in [1.165, 1.54) is 18.2 Å². The van der Waals surface area contributed by atoms with E-state index in [4.69, 9.17) is 5.41 Å². The molecule has 1 aromatic carbocycles. The fourth-order valence-corrected chi connectivity index (χ4v) is 3.89. The topological polar surface area (TPSA) is 98.2 Å². The number of aromatic amines is 1. The number of H-pyrrole nitrogens is 1. The largest absolute Gasteiger partial charge is 0.416 e. The summed E-state index contributed by atoms with van der Waals surface area (Å²) in [7, 11) is -4.13. The van der Waals surface area contributed by atoms with Crippen LogP contribution in [0.3, 0.4) is 0 Å². The predicted octanol–water partition coefficient (Wildman–Crippen LogP) is 3.22. The smallest absolute Gasteiger partial charge is 0.360 e. The molecule has 1 aliphatic rings. The van der Waals surface area contributed by atoms with E-state index in [2.05, 4.69) is 26.9 Å². The van der Waals surface area contributed by atoms with Crippen LogP contribution in [0.1, 0.15) is 5.56 Å². The van der Waals surface area contributed by atoms with Crippen LogP contribution in [0.2, 0.25) is 0 Å². The van der Waals surface area contributed by atoms with E-state index in [-0.39, 0.29) is 32.9 Å². The van der Waals surface area contributed by atoms with E-state index in [1.807, 2.05) is 0 Å². The lowest BCUT2D eigenvalue weighted by atomic mass is 10.1. The van der Waals surface area contributed by atoms with E-state index in [0.29, 0.717) is 0 Å². The van der Waals surface area contributed by atoms with Gasteiger partial charge in [-0.05, 0) is 37.1 Å². The summed E-state index contributed by atoms with van der Waals surface area (Å²) >= 11 is 3.73. The minimum atomic E-state index is -4.53. The van der Waals surface area contributed by atoms with Crippen molar-refractivity contribution >= 4 is 45.2 Å². The molecule has 0 fully saturated rings. The molecule has 136 valence electrons. The second-order valence-electron chi connectivity index (χ2n) is 5.32. The summed E-state index contributed by atoms with van der Waals surface area (Å²) in [6.07, 6.45) is 0.856. The third kappa shape index (κ3) is 3.27. The second-order valence-corrected chi connectivity index (χ2v) is 7.17. The van der Waals surface area contributed by atoms with Crippen molar-refractivity contribution in [2.24, 2.45) is 4.40 Å². The highest BCUT2D eigenvalue weighted by atomic mass is 32.2. The number of sulfonamides is 1. The van der Waals surface area contributed by atoms with Gasteiger partial charge in [-0.2, -0.15) is 13.2 Å². The minimum Gasteiger partial charge on any atom is -0.360 e. The first-order valence-corrected chi connectivity index (χ1v) is 8.92. The van der Waals surface area contributed by atoms with Gasteiger partial charge >= 0.3 is 6.18 Å². The third-order valence-corrected chi connectivity index (χ3v) is 5.25. The summed E-state index contributed by atoms with van der Waals surface area (Å²) in [5.74, 6) is 0. The second kappa shape index (κ2) is 6.32. The maximum atomic E-state index is 12.8. The lowest BCUT2D eigenvalue weighted by Crippen LogP contribution is -2.31. The zero-order valence-corrected chi connectivity index (χ0v) is 14.5. The van der Waals surface area contributed by atoms with Crippen LogP contribution in [0.5, 0.6) is 0 Å². The van der Waals surface area contributed by atoms with Crippen molar-refractivity contribution in [3.63, 3.8) is 0 Å². The Morgan fingerprint density at radius 2 is 2.00 bits per heavy atom. The van der Waals surface area contributed by atoms with Gasteiger partial charge in [-0.3, -0.25) is 10.1 Å². The van der Waals surface area contributed by atoms with Crippen molar-refractivity contribution < 1.29 is 21.6 Å². The van der Waals surface area contributed by atoms with Crippen molar-refractivity contribution in [3.8, 4) is 0 Å². The minimum absolute atomic E-state index is 0.0265. The van der Waals surface area contributed by atoms with Crippen LogP contribution < -0.4 is 4.72 Å². The van der Waals surface area contributed by atoms with E-state index in [0.717, 1.165) is 24.4 Å². The number of allylic oxidation sites excluding steroid dienone is 4. The van der Waals surface area contributed by atoms with Crippen LogP contribution in [0.4, 0.5) is 13.2 Å². The van der Waals surface area contributed by atoms with Crippen molar-refractivity contribution in [2.45, 2.75) is 11.1 Å². The van der Waals surface area contributed by atoms with Gasteiger partial charge in [-0.1, -0.05) is 12.1 Å². The molecule has 0 atom stereocenters. The number of fused-ring (bicyclic) bond motifs is 1. The van der Waals surface area contributed by atoms with Crippen LogP contribution in [0, 0.1) is 5.41 Å². The maximum Gasteiger partial charge on any atom is 0.416 e. The number of halogens is 3. The fraction of sp³-hybridized carbons (Fsp3) is 0.0667. The lowest BCUT2D eigenvalue weighted by molar-refractivity contribution is -0.137. The summed E-state index contributed by atoms with van der Waals surface area (Å²) < 4.78 is 69.5. The molecule has 0 saturated carbocycles. The first kappa shape index (κ1) is 18.3. The highest BCUT2D eigenvalue weighted by Crippen LogP contribution is 2.33. The summed E-state index contributed by atoms with van der Waals surface area (Å²) in [6, 6.07) is 2.75. The van der Waals surface area contributed by atoms with Gasteiger partial charge in [-0.25, -0.2) is 12.8 Å². The number of nitrogens with one attached hydrogen (secondary N) is 3. The molecule has 0 spiro atoms. The Labute approximate surface area is 151 Å². The lowest BCUT2D eigenvalue weighted by Gasteiger charge is -2.14. The van der Waals surface area contributed by atoms with Gasteiger partial charge in [0, 0.05) is 17.1 Å². The Morgan fingerprint density at radius 3 is 2.65 bits per heavy atom. The van der Waals surface area contributed by atoms with E-state index in [1.54, 1.807) is 0 Å². The summed E-state index contributed by atoms with van der Waals surface area (Å²) in [6.45, 7) is 0. The normalized spacial score (nSPS) is 17.0. The molecule has 1 heterocycles. The summed E-state index contributed by atoms with van der Waals surface area (Å²) in [5, 5.41) is 7.83. The van der Waals surface area contributed by atoms with Crippen molar-refractivity contribution in [2.75, 3.05) is 0 Å². The molecule has 2 aromatic rings. The van der Waals surface area contributed by atoms with Gasteiger partial charge in [0.15, 0.2) is 0 Å². The van der Waals surface area contributed by atoms with Gasteiger partial charge in [0.25, 0.3) is 10.0 Å². The van der Waals surface area contributed by atoms with Gasteiger partial charge < -0.3 is 4.98 Å². The molecule has 6 nitrogen and oxygen atoms in total. The molecule has 0 unspecified atom stereocenters. The van der Waals surface area contributed by atoms with Crippen LogP contribution in [-0.2, 0) is 16.2 Å². The number of rotatable bonds is 3. The Morgan fingerprint density at radius 1 is 1.27 bits per heavy atom. The Kier molecular flexibility index (Phi) is 4.44. The van der Waals surface area contributed by atoms with Gasteiger partial charge in [0.05, 0.1) is 17.0 Å². The molecule has 0 radical (unpaired) electrons. The van der Waals surface area contributed by atoms with E-state index in [9.17, 15) is 21.6 Å². The van der Waals surface area contributed by atoms with Gasteiger partial charge in [0.1, 0.15) is 10.6 Å².